The Morgan fingerprint density at radius 3 is 2.09 bits per heavy atom. The molecule has 0 aliphatic carbocycles. The van der Waals surface area contributed by atoms with Gasteiger partial charge in [-0.05, 0) is 45.2 Å². The largest absolute Gasteiger partial charge is 0.337 e. The van der Waals surface area contributed by atoms with Crippen LogP contribution < -0.4 is 0 Å². The minimum absolute atomic E-state index is 0.0289. The number of nitrogens with zero attached hydrogens (tertiary/aromatic N) is 2. The van der Waals surface area contributed by atoms with Crippen LogP contribution in [0.4, 0.5) is 0 Å². The lowest BCUT2D eigenvalue weighted by molar-refractivity contribution is -0.137. The fourth-order valence-electron chi connectivity index (χ4n) is 3.69. The number of likely N-dealkylation sites (tertiary alicyclic amines) is 1. The summed E-state index contributed by atoms with van der Waals surface area (Å²) in [5, 5.41) is 0. The molecule has 122 valence electrons. The van der Waals surface area contributed by atoms with Crippen molar-refractivity contribution in [3.63, 3.8) is 0 Å². The van der Waals surface area contributed by atoms with Crippen molar-refractivity contribution in [3.8, 4) is 0 Å². The molecule has 0 spiro atoms. The highest BCUT2D eigenvalue weighted by Crippen LogP contribution is 2.25. The first-order valence-electron chi connectivity index (χ1n) is 8.27. The molecule has 0 radical (unpaired) electrons. The standard InChI is InChI=1S/C18H22N2O3/c1-12-6-5-7-13(2)20(12)16(21)10-11-19-17(22)14-8-3-4-9-15(14)18(19)23/h3-4,8-9,12-13H,5-7,10-11H2,1-2H3/t12-,13-/m0/s1. The van der Waals surface area contributed by atoms with Crippen molar-refractivity contribution < 1.29 is 14.4 Å². The summed E-state index contributed by atoms with van der Waals surface area (Å²) in [6, 6.07) is 7.27. The number of hydrogen-bond donors (Lipinski definition) is 0. The normalized spacial score (nSPS) is 24.1. The van der Waals surface area contributed by atoms with Crippen LogP contribution in [0.25, 0.3) is 0 Å². The van der Waals surface area contributed by atoms with Crippen LogP contribution in [-0.4, -0.2) is 46.1 Å². The van der Waals surface area contributed by atoms with E-state index in [2.05, 4.69) is 13.8 Å². The third-order valence-corrected chi connectivity index (χ3v) is 4.91. The van der Waals surface area contributed by atoms with Crippen LogP contribution in [0.15, 0.2) is 24.3 Å². The Hall–Kier alpha value is -2.17. The van der Waals surface area contributed by atoms with Gasteiger partial charge >= 0.3 is 0 Å². The summed E-state index contributed by atoms with van der Waals surface area (Å²) in [7, 11) is 0. The maximum atomic E-state index is 12.5. The van der Waals surface area contributed by atoms with Crippen LogP contribution in [0.3, 0.4) is 0 Å². The predicted molar refractivity (Wildman–Crippen MR) is 86.0 cm³/mol. The zero-order valence-corrected chi connectivity index (χ0v) is 13.6. The van der Waals surface area contributed by atoms with E-state index >= 15 is 0 Å². The number of amides is 3. The van der Waals surface area contributed by atoms with Gasteiger partial charge in [0.15, 0.2) is 0 Å². The molecule has 2 aliphatic rings. The van der Waals surface area contributed by atoms with Gasteiger partial charge in [0, 0.05) is 25.0 Å². The maximum absolute atomic E-state index is 12.5. The summed E-state index contributed by atoms with van der Waals surface area (Å²) in [6.07, 6.45) is 3.37. The quantitative estimate of drug-likeness (QED) is 0.805. The van der Waals surface area contributed by atoms with Crippen LogP contribution in [0.1, 0.15) is 60.2 Å². The van der Waals surface area contributed by atoms with E-state index in [0.717, 1.165) is 19.3 Å². The summed E-state index contributed by atoms with van der Waals surface area (Å²) in [6.45, 7) is 4.28. The lowest BCUT2D eigenvalue weighted by Crippen LogP contribution is -2.48. The van der Waals surface area contributed by atoms with E-state index in [1.165, 1.54) is 4.90 Å². The SMILES string of the molecule is C[C@H]1CCC[C@H](C)N1C(=O)CCN1C(=O)c2ccccc2C1=O. The molecule has 0 bridgehead atoms. The van der Waals surface area contributed by atoms with E-state index < -0.39 is 0 Å². The number of imide groups is 1. The van der Waals surface area contributed by atoms with Gasteiger partial charge in [-0.2, -0.15) is 0 Å². The Morgan fingerprint density at radius 1 is 1.04 bits per heavy atom. The van der Waals surface area contributed by atoms with Crippen molar-refractivity contribution in [3.05, 3.63) is 35.4 Å². The van der Waals surface area contributed by atoms with E-state index in [1.807, 2.05) is 4.90 Å². The van der Waals surface area contributed by atoms with Gasteiger partial charge in [0.25, 0.3) is 11.8 Å². The second-order valence-corrected chi connectivity index (χ2v) is 6.49. The second kappa shape index (κ2) is 6.14. The number of rotatable bonds is 3. The molecule has 1 saturated heterocycles. The molecule has 2 atom stereocenters. The molecule has 23 heavy (non-hydrogen) atoms. The highest BCUT2D eigenvalue weighted by Gasteiger charge is 2.36. The molecule has 1 aromatic carbocycles. The molecule has 0 aromatic heterocycles. The van der Waals surface area contributed by atoms with Crippen LogP contribution in [-0.2, 0) is 4.79 Å². The monoisotopic (exact) mass is 314 g/mol. The molecule has 3 rings (SSSR count). The average Bonchev–Trinajstić information content (AvgIpc) is 2.77. The number of fused-ring (bicyclic) bond motifs is 1. The molecule has 0 N–H and O–H groups in total. The third kappa shape index (κ3) is 2.76. The number of carbonyl (C=O) groups is 3. The van der Waals surface area contributed by atoms with Crippen molar-refractivity contribution in [2.24, 2.45) is 0 Å². The Kier molecular flexibility index (Phi) is 4.20. The predicted octanol–water partition coefficient (Wildman–Crippen LogP) is 2.46. The van der Waals surface area contributed by atoms with Gasteiger partial charge < -0.3 is 4.90 Å². The van der Waals surface area contributed by atoms with Gasteiger partial charge in [0.05, 0.1) is 11.1 Å². The minimum Gasteiger partial charge on any atom is -0.337 e. The topological polar surface area (TPSA) is 57.7 Å². The molecule has 1 fully saturated rings. The third-order valence-electron chi connectivity index (χ3n) is 4.91. The number of carbonyl (C=O) groups excluding carboxylic acids is 3. The fraction of sp³-hybridized carbons (Fsp3) is 0.500. The Labute approximate surface area is 136 Å². The van der Waals surface area contributed by atoms with E-state index in [1.54, 1.807) is 24.3 Å². The number of piperidine rings is 1. The van der Waals surface area contributed by atoms with E-state index in [4.69, 9.17) is 0 Å². The molecular formula is C18H22N2O3. The lowest BCUT2D eigenvalue weighted by Gasteiger charge is -2.39. The first-order chi connectivity index (χ1) is 11.0. The molecular weight excluding hydrogens is 292 g/mol. The molecule has 5 heteroatoms. The molecule has 1 aromatic rings. The van der Waals surface area contributed by atoms with Crippen molar-refractivity contribution in [2.45, 2.75) is 51.6 Å². The highest BCUT2D eigenvalue weighted by atomic mass is 16.2. The number of benzene rings is 1. The smallest absolute Gasteiger partial charge is 0.261 e. The molecule has 0 saturated carbocycles. The van der Waals surface area contributed by atoms with Crippen molar-refractivity contribution in [2.75, 3.05) is 6.54 Å². The summed E-state index contributed by atoms with van der Waals surface area (Å²) < 4.78 is 0. The first kappa shape index (κ1) is 15.7. The fourth-order valence-corrected chi connectivity index (χ4v) is 3.69. The van der Waals surface area contributed by atoms with Crippen LogP contribution in [0, 0.1) is 0 Å². The average molecular weight is 314 g/mol. The lowest BCUT2D eigenvalue weighted by atomic mass is 9.97. The summed E-state index contributed by atoms with van der Waals surface area (Å²) in [4.78, 5) is 40.3. The minimum atomic E-state index is -0.293. The zero-order valence-electron chi connectivity index (χ0n) is 13.6. The van der Waals surface area contributed by atoms with E-state index in [9.17, 15) is 14.4 Å². The Morgan fingerprint density at radius 2 is 1.57 bits per heavy atom. The Bertz CT molecular complexity index is 610. The molecule has 5 nitrogen and oxygen atoms in total. The van der Waals surface area contributed by atoms with Crippen molar-refractivity contribution in [1.82, 2.24) is 9.80 Å². The molecule has 0 unspecified atom stereocenters. The molecule has 3 amide bonds. The Balaban J connectivity index is 1.66. The van der Waals surface area contributed by atoms with Gasteiger partial charge in [0.2, 0.25) is 5.91 Å². The van der Waals surface area contributed by atoms with Gasteiger partial charge in [-0.15, -0.1) is 0 Å². The van der Waals surface area contributed by atoms with Crippen molar-refractivity contribution >= 4 is 17.7 Å². The zero-order chi connectivity index (χ0) is 16.6. The summed E-state index contributed by atoms with van der Waals surface area (Å²) in [5.41, 5.74) is 0.870. The molecule has 2 aliphatic heterocycles. The van der Waals surface area contributed by atoms with Crippen molar-refractivity contribution in [1.29, 1.82) is 0 Å². The van der Waals surface area contributed by atoms with E-state index in [-0.39, 0.29) is 42.8 Å². The summed E-state index contributed by atoms with van der Waals surface area (Å²) >= 11 is 0. The van der Waals surface area contributed by atoms with E-state index in [0.29, 0.717) is 11.1 Å². The maximum Gasteiger partial charge on any atom is 0.261 e. The van der Waals surface area contributed by atoms with Crippen LogP contribution >= 0.6 is 0 Å². The summed E-state index contributed by atoms with van der Waals surface area (Å²) in [5.74, 6) is -0.558. The van der Waals surface area contributed by atoms with Gasteiger partial charge in [0.1, 0.15) is 0 Å². The van der Waals surface area contributed by atoms with Gasteiger partial charge in [-0.3, -0.25) is 19.3 Å². The van der Waals surface area contributed by atoms with Gasteiger partial charge in [-0.25, -0.2) is 0 Å². The molecule has 2 heterocycles. The van der Waals surface area contributed by atoms with Gasteiger partial charge in [-0.1, -0.05) is 12.1 Å². The first-order valence-corrected chi connectivity index (χ1v) is 8.27. The number of hydrogen-bond acceptors (Lipinski definition) is 3. The highest BCUT2D eigenvalue weighted by molar-refractivity contribution is 6.21. The van der Waals surface area contributed by atoms with Crippen LogP contribution in [0.2, 0.25) is 0 Å². The second-order valence-electron chi connectivity index (χ2n) is 6.49. The van der Waals surface area contributed by atoms with Crippen LogP contribution in [0.5, 0.6) is 0 Å².